The molecule has 0 saturated carbocycles. The standard InChI is InChI=1S/C13H14FN3O3/c1-2-3-17(6-11(18)19)13(20)9-4-8(14)5-10-12(9)16-7-15-10/h4-5,7H,2-3,6H2,1H3,(H,15,16)(H,18,19). The van der Waals surface area contributed by atoms with Crippen molar-refractivity contribution in [3.05, 3.63) is 29.8 Å². The molecular formula is C13H14FN3O3. The minimum absolute atomic E-state index is 0.0657. The third-order valence-electron chi connectivity index (χ3n) is 2.83. The second-order valence-electron chi connectivity index (χ2n) is 4.37. The molecule has 1 heterocycles. The molecule has 0 unspecified atom stereocenters. The molecule has 0 fully saturated rings. The van der Waals surface area contributed by atoms with Crippen LogP contribution in [0.4, 0.5) is 4.39 Å². The highest BCUT2D eigenvalue weighted by molar-refractivity contribution is 6.05. The summed E-state index contributed by atoms with van der Waals surface area (Å²) in [7, 11) is 0. The van der Waals surface area contributed by atoms with Gasteiger partial charge in [0.2, 0.25) is 0 Å². The topological polar surface area (TPSA) is 86.3 Å². The minimum atomic E-state index is -1.11. The van der Waals surface area contributed by atoms with Crippen molar-refractivity contribution in [3.8, 4) is 0 Å². The molecule has 0 saturated heterocycles. The average Bonchev–Trinajstić information content (AvgIpc) is 2.83. The molecule has 1 aromatic carbocycles. The molecule has 0 aliphatic rings. The quantitative estimate of drug-likeness (QED) is 0.871. The van der Waals surface area contributed by atoms with Crippen LogP contribution in [0.25, 0.3) is 11.0 Å². The fourth-order valence-corrected chi connectivity index (χ4v) is 2.03. The van der Waals surface area contributed by atoms with Gasteiger partial charge >= 0.3 is 5.97 Å². The molecule has 2 aromatic rings. The number of imidazole rings is 1. The molecule has 20 heavy (non-hydrogen) atoms. The van der Waals surface area contributed by atoms with E-state index in [0.717, 1.165) is 6.07 Å². The van der Waals surface area contributed by atoms with Gasteiger partial charge in [-0.1, -0.05) is 6.92 Å². The van der Waals surface area contributed by atoms with Crippen LogP contribution in [0.15, 0.2) is 18.5 Å². The van der Waals surface area contributed by atoms with Crippen molar-refractivity contribution in [2.45, 2.75) is 13.3 Å². The third kappa shape index (κ3) is 2.76. The van der Waals surface area contributed by atoms with E-state index in [-0.39, 0.29) is 12.1 Å². The largest absolute Gasteiger partial charge is 0.480 e. The Kier molecular flexibility index (Phi) is 3.97. The number of rotatable bonds is 5. The van der Waals surface area contributed by atoms with E-state index in [1.165, 1.54) is 17.3 Å². The first-order chi connectivity index (χ1) is 9.52. The number of aromatic amines is 1. The predicted octanol–water partition coefficient (Wildman–Crippen LogP) is 1.64. The fraction of sp³-hybridized carbons (Fsp3) is 0.308. The lowest BCUT2D eigenvalue weighted by Crippen LogP contribution is -2.36. The summed E-state index contributed by atoms with van der Waals surface area (Å²) >= 11 is 0. The van der Waals surface area contributed by atoms with Crippen molar-refractivity contribution < 1.29 is 19.1 Å². The van der Waals surface area contributed by atoms with Crippen LogP contribution in [0, 0.1) is 5.82 Å². The van der Waals surface area contributed by atoms with Gasteiger partial charge in [0.1, 0.15) is 17.9 Å². The lowest BCUT2D eigenvalue weighted by atomic mass is 10.1. The number of aliphatic carboxylic acids is 1. The molecule has 0 bridgehead atoms. The van der Waals surface area contributed by atoms with Crippen LogP contribution in [-0.2, 0) is 4.79 Å². The maximum Gasteiger partial charge on any atom is 0.323 e. The molecule has 2 N–H and O–H groups in total. The van der Waals surface area contributed by atoms with Gasteiger partial charge in [0, 0.05) is 6.54 Å². The van der Waals surface area contributed by atoms with Crippen molar-refractivity contribution >= 4 is 22.9 Å². The van der Waals surface area contributed by atoms with E-state index in [4.69, 9.17) is 5.11 Å². The van der Waals surface area contributed by atoms with E-state index in [0.29, 0.717) is 17.5 Å². The molecule has 1 aromatic heterocycles. The molecule has 6 nitrogen and oxygen atoms in total. The van der Waals surface area contributed by atoms with E-state index in [1.807, 2.05) is 6.92 Å². The Morgan fingerprint density at radius 2 is 2.20 bits per heavy atom. The van der Waals surface area contributed by atoms with E-state index >= 15 is 0 Å². The van der Waals surface area contributed by atoms with Crippen LogP contribution >= 0.6 is 0 Å². The Hall–Kier alpha value is -2.44. The molecule has 7 heteroatoms. The molecular weight excluding hydrogens is 265 g/mol. The molecule has 0 aliphatic carbocycles. The number of hydrogen-bond acceptors (Lipinski definition) is 3. The monoisotopic (exact) mass is 279 g/mol. The molecule has 0 spiro atoms. The Morgan fingerprint density at radius 3 is 2.85 bits per heavy atom. The number of nitrogens with one attached hydrogen (secondary N) is 1. The normalized spacial score (nSPS) is 10.7. The highest BCUT2D eigenvalue weighted by Crippen LogP contribution is 2.19. The van der Waals surface area contributed by atoms with E-state index in [9.17, 15) is 14.0 Å². The first kappa shape index (κ1) is 14.0. The van der Waals surface area contributed by atoms with Gasteiger partial charge in [0.15, 0.2) is 0 Å². The SMILES string of the molecule is CCCN(CC(=O)O)C(=O)c1cc(F)cc2[nH]cnc12. The molecule has 1 amide bonds. The van der Waals surface area contributed by atoms with Gasteiger partial charge in [-0.15, -0.1) is 0 Å². The number of H-pyrrole nitrogens is 1. The predicted molar refractivity (Wildman–Crippen MR) is 69.9 cm³/mol. The van der Waals surface area contributed by atoms with Gasteiger partial charge in [0.05, 0.1) is 17.4 Å². The van der Waals surface area contributed by atoms with Crippen molar-refractivity contribution in [2.24, 2.45) is 0 Å². The molecule has 0 atom stereocenters. The number of benzene rings is 1. The summed E-state index contributed by atoms with van der Waals surface area (Å²) in [5.41, 5.74) is 0.805. The summed E-state index contributed by atoms with van der Waals surface area (Å²) in [6.45, 7) is 1.69. The maximum atomic E-state index is 13.5. The highest BCUT2D eigenvalue weighted by Gasteiger charge is 2.21. The Bertz CT molecular complexity index is 653. The van der Waals surface area contributed by atoms with E-state index in [1.54, 1.807) is 0 Å². The average molecular weight is 279 g/mol. The summed E-state index contributed by atoms with van der Waals surface area (Å²) in [5.74, 6) is -2.22. The van der Waals surface area contributed by atoms with Gasteiger partial charge in [-0.2, -0.15) is 0 Å². The lowest BCUT2D eigenvalue weighted by molar-refractivity contribution is -0.137. The zero-order valence-electron chi connectivity index (χ0n) is 10.9. The fourth-order valence-electron chi connectivity index (χ4n) is 2.03. The van der Waals surface area contributed by atoms with Crippen LogP contribution in [0.2, 0.25) is 0 Å². The van der Waals surface area contributed by atoms with Crippen molar-refractivity contribution in [3.63, 3.8) is 0 Å². The molecule has 0 radical (unpaired) electrons. The van der Waals surface area contributed by atoms with E-state index < -0.39 is 24.2 Å². The molecule has 0 aliphatic heterocycles. The number of nitrogens with zero attached hydrogens (tertiary/aromatic N) is 2. The summed E-state index contributed by atoms with van der Waals surface area (Å²) in [5, 5.41) is 8.84. The second-order valence-corrected chi connectivity index (χ2v) is 4.37. The van der Waals surface area contributed by atoms with Gasteiger partial charge in [-0.3, -0.25) is 9.59 Å². The summed E-state index contributed by atoms with van der Waals surface area (Å²) in [4.78, 5) is 31.1. The van der Waals surface area contributed by atoms with Crippen LogP contribution in [-0.4, -0.2) is 44.9 Å². The second kappa shape index (κ2) is 5.68. The third-order valence-corrected chi connectivity index (χ3v) is 2.83. The summed E-state index contributed by atoms with van der Waals surface area (Å²) < 4.78 is 13.5. The van der Waals surface area contributed by atoms with Gasteiger partial charge in [0.25, 0.3) is 5.91 Å². The van der Waals surface area contributed by atoms with E-state index in [2.05, 4.69) is 9.97 Å². The Morgan fingerprint density at radius 1 is 1.45 bits per heavy atom. The molecule has 106 valence electrons. The van der Waals surface area contributed by atoms with Gasteiger partial charge < -0.3 is 15.0 Å². The lowest BCUT2D eigenvalue weighted by Gasteiger charge is -2.20. The highest BCUT2D eigenvalue weighted by atomic mass is 19.1. The van der Waals surface area contributed by atoms with Gasteiger partial charge in [-0.05, 0) is 18.6 Å². The zero-order chi connectivity index (χ0) is 14.7. The first-order valence-electron chi connectivity index (χ1n) is 6.16. The Labute approximate surface area is 114 Å². The van der Waals surface area contributed by atoms with Crippen LogP contribution in [0.3, 0.4) is 0 Å². The zero-order valence-corrected chi connectivity index (χ0v) is 10.9. The van der Waals surface area contributed by atoms with Crippen LogP contribution in [0.1, 0.15) is 23.7 Å². The number of carbonyl (C=O) groups excluding carboxylic acids is 1. The molecule has 2 rings (SSSR count). The minimum Gasteiger partial charge on any atom is -0.480 e. The summed E-state index contributed by atoms with van der Waals surface area (Å²) in [6, 6.07) is 2.32. The first-order valence-corrected chi connectivity index (χ1v) is 6.16. The number of halogens is 1. The number of aromatic nitrogens is 2. The summed E-state index contributed by atoms with van der Waals surface area (Å²) in [6.07, 6.45) is 1.97. The van der Waals surface area contributed by atoms with Crippen LogP contribution < -0.4 is 0 Å². The van der Waals surface area contributed by atoms with Crippen molar-refractivity contribution in [1.82, 2.24) is 14.9 Å². The number of fused-ring (bicyclic) bond motifs is 1. The number of carboxylic acids is 1. The maximum absolute atomic E-state index is 13.5. The van der Waals surface area contributed by atoms with Crippen molar-refractivity contribution in [1.29, 1.82) is 0 Å². The Balaban J connectivity index is 2.42. The number of amides is 1. The van der Waals surface area contributed by atoms with Gasteiger partial charge in [-0.25, -0.2) is 9.37 Å². The number of hydrogen-bond donors (Lipinski definition) is 2. The number of carbonyl (C=O) groups is 2. The van der Waals surface area contributed by atoms with Crippen LogP contribution in [0.5, 0.6) is 0 Å². The van der Waals surface area contributed by atoms with Crippen molar-refractivity contribution in [2.75, 3.05) is 13.1 Å². The smallest absolute Gasteiger partial charge is 0.323 e. The number of carboxylic acid groups (broad SMARTS) is 1.